The van der Waals surface area contributed by atoms with Crippen molar-refractivity contribution in [2.24, 2.45) is 5.73 Å². The second kappa shape index (κ2) is 9.28. The van der Waals surface area contributed by atoms with Crippen molar-refractivity contribution in [2.75, 3.05) is 7.11 Å². The number of aromatic nitrogens is 1. The molecule has 36 heavy (non-hydrogen) atoms. The molecule has 2 N–H and O–H groups in total. The summed E-state index contributed by atoms with van der Waals surface area (Å²) in [6, 6.07) is 12.9. The first-order valence-corrected chi connectivity index (χ1v) is 10.9. The number of nitrogens with zero attached hydrogens (tertiary/aromatic N) is 4. The van der Waals surface area contributed by atoms with E-state index in [1.165, 1.54) is 48.5 Å². The van der Waals surface area contributed by atoms with E-state index in [0.29, 0.717) is 5.56 Å². The Labute approximate surface area is 205 Å². The lowest BCUT2D eigenvalue weighted by Gasteiger charge is -2.24. The summed E-state index contributed by atoms with van der Waals surface area (Å²) >= 11 is 0.878. The summed E-state index contributed by atoms with van der Waals surface area (Å²) in [6.07, 6.45) is 1.40. The van der Waals surface area contributed by atoms with Crippen molar-refractivity contribution in [3.63, 3.8) is 0 Å². The van der Waals surface area contributed by atoms with Crippen molar-refractivity contribution >= 4 is 46.2 Å². The SMILES string of the molecule is COC(=O)C1=c2sc(=Cc3cccc([N+](=O)[O-])c3)c(=O)n2C(N)=C(C#N)C1c1cccc([N+](=O)[O-])c1. The lowest BCUT2D eigenvalue weighted by atomic mass is 9.83. The second-order valence-electron chi connectivity index (χ2n) is 7.51. The fourth-order valence-corrected chi connectivity index (χ4v) is 5.05. The van der Waals surface area contributed by atoms with Gasteiger partial charge in [-0.05, 0) is 17.2 Å². The number of rotatable bonds is 5. The molecule has 3 aromatic rings. The van der Waals surface area contributed by atoms with Gasteiger partial charge in [0.25, 0.3) is 16.9 Å². The molecule has 2 heterocycles. The van der Waals surface area contributed by atoms with E-state index in [9.17, 15) is 35.1 Å². The Morgan fingerprint density at radius 3 is 2.42 bits per heavy atom. The molecule has 1 aliphatic heterocycles. The highest BCUT2D eigenvalue weighted by Gasteiger charge is 2.36. The number of esters is 1. The van der Waals surface area contributed by atoms with E-state index < -0.39 is 27.3 Å². The van der Waals surface area contributed by atoms with Crippen molar-refractivity contribution < 1.29 is 19.4 Å². The van der Waals surface area contributed by atoms with Crippen LogP contribution in [0.3, 0.4) is 0 Å². The maximum Gasteiger partial charge on any atom is 0.337 e. The van der Waals surface area contributed by atoms with Gasteiger partial charge in [0.05, 0.1) is 44.6 Å². The highest BCUT2D eigenvalue weighted by Crippen LogP contribution is 2.37. The molecule has 0 aliphatic carbocycles. The van der Waals surface area contributed by atoms with E-state index in [2.05, 4.69) is 0 Å². The Balaban J connectivity index is 2.08. The Hall–Kier alpha value is -5.09. The van der Waals surface area contributed by atoms with Gasteiger partial charge < -0.3 is 10.5 Å². The van der Waals surface area contributed by atoms with Crippen LogP contribution in [0, 0.1) is 31.6 Å². The molecule has 2 aromatic carbocycles. The first-order chi connectivity index (χ1) is 17.2. The van der Waals surface area contributed by atoms with Gasteiger partial charge in [-0.2, -0.15) is 5.26 Å². The maximum atomic E-state index is 13.3. The topological polar surface area (TPSA) is 184 Å². The normalized spacial score (nSPS) is 15.3. The number of methoxy groups -OCH3 is 1. The highest BCUT2D eigenvalue weighted by atomic mass is 32.1. The van der Waals surface area contributed by atoms with Crippen LogP contribution in [-0.4, -0.2) is 27.5 Å². The summed E-state index contributed by atoms with van der Waals surface area (Å²) in [5.41, 5.74) is 5.48. The molecule has 0 spiro atoms. The van der Waals surface area contributed by atoms with E-state index >= 15 is 0 Å². The van der Waals surface area contributed by atoms with Crippen LogP contribution in [0.15, 0.2) is 58.9 Å². The zero-order valence-electron chi connectivity index (χ0n) is 18.4. The monoisotopic (exact) mass is 505 g/mol. The molecule has 0 bridgehead atoms. The smallest absolute Gasteiger partial charge is 0.337 e. The van der Waals surface area contributed by atoms with Crippen LogP contribution in [0.5, 0.6) is 0 Å². The van der Waals surface area contributed by atoms with Crippen LogP contribution in [0.2, 0.25) is 0 Å². The van der Waals surface area contributed by atoms with Crippen LogP contribution < -0.4 is 20.5 Å². The van der Waals surface area contributed by atoms with Gasteiger partial charge in [-0.3, -0.25) is 29.6 Å². The molecular weight excluding hydrogens is 490 g/mol. The molecule has 180 valence electrons. The van der Waals surface area contributed by atoms with Crippen molar-refractivity contribution in [3.05, 3.63) is 105 Å². The molecule has 1 unspecified atom stereocenters. The van der Waals surface area contributed by atoms with Crippen LogP contribution >= 0.6 is 11.3 Å². The van der Waals surface area contributed by atoms with Gasteiger partial charge in [0.15, 0.2) is 0 Å². The average molecular weight is 505 g/mol. The number of hydrogen-bond donors (Lipinski definition) is 1. The van der Waals surface area contributed by atoms with E-state index in [4.69, 9.17) is 10.5 Å². The third-order valence-corrected chi connectivity index (χ3v) is 6.58. The largest absolute Gasteiger partial charge is 0.466 e. The molecule has 0 saturated heterocycles. The van der Waals surface area contributed by atoms with Crippen molar-refractivity contribution in [1.29, 1.82) is 5.26 Å². The third kappa shape index (κ3) is 4.01. The van der Waals surface area contributed by atoms with Crippen molar-refractivity contribution in [1.82, 2.24) is 4.57 Å². The second-order valence-corrected chi connectivity index (χ2v) is 8.54. The number of hydrogen-bond acceptors (Lipinski definition) is 10. The first kappa shape index (κ1) is 24.0. The van der Waals surface area contributed by atoms with Gasteiger partial charge in [0, 0.05) is 24.3 Å². The number of nitriles is 1. The number of benzene rings is 2. The minimum Gasteiger partial charge on any atom is -0.466 e. The number of carbonyl (C=O) groups is 1. The standard InChI is InChI=1S/C23H15N5O7S/c1-35-23(30)19-18(13-5-3-7-15(10-13)28(33)34)16(11-24)20(25)26-21(29)17(36-22(19)26)9-12-4-2-6-14(8-12)27(31)32/h2-10,18H,25H2,1H3. The van der Waals surface area contributed by atoms with Gasteiger partial charge in [-0.25, -0.2) is 4.79 Å². The van der Waals surface area contributed by atoms with Crippen molar-refractivity contribution in [2.45, 2.75) is 5.92 Å². The summed E-state index contributed by atoms with van der Waals surface area (Å²) in [4.78, 5) is 47.5. The minimum atomic E-state index is -1.13. The average Bonchev–Trinajstić information content (AvgIpc) is 3.19. The quantitative estimate of drug-likeness (QED) is 0.303. The van der Waals surface area contributed by atoms with Crippen LogP contribution in [0.4, 0.5) is 11.4 Å². The summed E-state index contributed by atoms with van der Waals surface area (Å²) in [6.45, 7) is 0. The summed E-state index contributed by atoms with van der Waals surface area (Å²) in [5.74, 6) is -2.23. The molecular formula is C23H15N5O7S. The zero-order chi connectivity index (χ0) is 26.1. The molecule has 1 aliphatic rings. The minimum absolute atomic E-state index is 0.0801. The highest BCUT2D eigenvalue weighted by molar-refractivity contribution is 7.07. The fraction of sp³-hybridized carbons (Fsp3) is 0.0870. The number of nitro groups is 2. The third-order valence-electron chi connectivity index (χ3n) is 5.47. The lowest BCUT2D eigenvalue weighted by Crippen LogP contribution is -2.40. The number of fused-ring (bicyclic) bond motifs is 1. The molecule has 0 fully saturated rings. The van der Waals surface area contributed by atoms with Gasteiger partial charge in [0.2, 0.25) is 0 Å². The fourth-order valence-electron chi connectivity index (χ4n) is 3.89. The van der Waals surface area contributed by atoms with Crippen molar-refractivity contribution in [3.8, 4) is 6.07 Å². The van der Waals surface area contributed by atoms with Gasteiger partial charge in [0.1, 0.15) is 10.5 Å². The van der Waals surface area contributed by atoms with E-state index in [-0.39, 0.29) is 43.1 Å². The van der Waals surface area contributed by atoms with E-state index in [1.807, 2.05) is 6.07 Å². The Morgan fingerprint density at radius 1 is 1.17 bits per heavy atom. The number of non-ortho nitro benzene ring substituents is 2. The molecule has 0 radical (unpaired) electrons. The Morgan fingerprint density at radius 2 is 1.81 bits per heavy atom. The molecule has 1 aromatic heterocycles. The predicted molar refractivity (Wildman–Crippen MR) is 129 cm³/mol. The lowest BCUT2D eigenvalue weighted by molar-refractivity contribution is -0.385. The van der Waals surface area contributed by atoms with Gasteiger partial charge >= 0.3 is 5.97 Å². The van der Waals surface area contributed by atoms with Crippen LogP contribution in [0.1, 0.15) is 17.0 Å². The number of ether oxygens (including phenoxy) is 1. The molecule has 13 heteroatoms. The first-order valence-electron chi connectivity index (χ1n) is 10.1. The maximum absolute atomic E-state index is 13.3. The van der Waals surface area contributed by atoms with Crippen LogP contribution in [0.25, 0.3) is 17.5 Å². The number of allylic oxidation sites excluding steroid dienone is 1. The molecule has 0 amide bonds. The van der Waals surface area contributed by atoms with E-state index in [0.717, 1.165) is 23.0 Å². The van der Waals surface area contributed by atoms with Crippen LogP contribution in [-0.2, 0) is 9.53 Å². The summed E-state index contributed by atoms with van der Waals surface area (Å²) < 4.78 is 6.11. The molecule has 1 atom stereocenters. The number of nitro benzene ring substituents is 2. The predicted octanol–water partition coefficient (Wildman–Crippen LogP) is 1.33. The van der Waals surface area contributed by atoms with Gasteiger partial charge in [-0.1, -0.05) is 24.3 Å². The Kier molecular flexibility index (Phi) is 6.20. The summed E-state index contributed by atoms with van der Waals surface area (Å²) in [5, 5.41) is 32.3. The zero-order valence-corrected chi connectivity index (χ0v) is 19.2. The number of carbonyl (C=O) groups excluding carboxylic acids is 1. The summed E-state index contributed by atoms with van der Waals surface area (Å²) in [7, 11) is 1.12. The van der Waals surface area contributed by atoms with Gasteiger partial charge in [-0.15, -0.1) is 11.3 Å². The number of thiazole rings is 1. The van der Waals surface area contributed by atoms with E-state index in [1.54, 1.807) is 6.07 Å². The molecule has 0 saturated carbocycles. The molecule has 4 rings (SSSR count). The Bertz CT molecular complexity index is 1710. The number of nitrogens with two attached hydrogens (primary N) is 1. The molecule has 12 nitrogen and oxygen atoms in total.